The van der Waals surface area contributed by atoms with Gasteiger partial charge in [-0.25, -0.2) is 8.78 Å². The molecule has 20 heavy (non-hydrogen) atoms. The van der Waals surface area contributed by atoms with Crippen LogP contribution >= 0.6 is 15.9 Å². The fourth-order valence-electron chi connectivity index (χ4n) is 2.06. The molecule has 0 aromatic heterocycles. The van der Waals surface area contributed by atoms with Crippen LogP contribution < -0.4 is 0 Å². The first-order valence-corrected chi connectivity index (χ1v) is 7.40. The highest BCUT2D eigenvalue weighted by Gasteiger charge is 2.22. The molecule has 106 valence electrons. The van der Waals surface area contributed by atoms with E-state index in [0.717, 1.165) is 11.6 Å². The summed E-state index contributed by atoms with van der Waals surface area (Å²) < 4.78 is 26.6. The van der Waals surface area contributed by atoms with Crippen molar-refractivity contribution in [3.63, 3.8) is 0 Å². The zero-order valence-corrected chi connectivity index (χ0v) is 12.6. The largest absolute Gasteiger partial charge is 0.385 e. The highest BCUT2D eigenvalue weighted by atomic mass is 79.9. The molecule has 0 saturated heterocycles. The van der Waals surface area contributed by atoms with E-state index in [0.29, 0.717) is 22.9 Å². The summed E-state index contributed by atoms with van der Waals surface area (Å²) in [6, 6.07) is 10.5. The van der Waals surface area contributed by atoms with E-state index in [9.17, 15) is 13.9 Å². The van der Waals surface area contributed by atoms with E-state index in [4.69, 9.17) is 0 Å². The maximum absolute atomic E-state index is 13.7. The van der Waals surface area contributed by atoms with Crippen molar-refractivity contribution in [3.05, 3.63) is 59.7 Å². The zero-order valence-electron chi connectivity index (χ0n) is 11.0. The Morgan fingerprint density at radius 3 is 2.30 bits per heavy atom. The van der Waals surface area contributed by atoms with Crippen molar-refractivity contribution in [2.24, 2.45) is 0 Å². The van der Waals surface area contributed by atoms with Crippen LogP contribution in [-0.4, -0.2) is 10.4 Å². The smallest absolute Gasteiger partial charge is 0.133 e. The Bertz CT molecular complexity index is 594. The van der Waals surface area contributed by atoms with Gasteiger partial charge in [0.25, 0.3) is 0 Å². The van der Waals surface area contributed by atoms with Crippen LogP contribution in [0.5, 0.6) is 0 Å². The summed E-state index contributed by atoms with van der Waals surface area (Å²) in [6.07, 6.45) is 0.581. The molecule has 0 saturated carbocycles. The molecule has 0 radical (unpaired) electrons. The van der Waals surface area contributed by atoms with Crippen molar-refractivity contribution in [1.82, 2.24) is 0 Å². The predicted octanol–water partition coefficient (Wildman–Crippen LogP) is 4.62. The number of hydrogen-bond acceptors (Lipinski definition) is 1. The van der Waals surface area contributed by atoms with E-state index >= 15 is 0 Å². The Morgan fingerprint density at radius 1 is 1.10 bits per heavy atom. The second kappa shape index (κ2) is 6.02. The molecule has 0 bridgehead atoms. The second-order valence-corrected chi connectivity index (χ2v) is 5.71. The van der Waals surface area contributed by atoms with E-state index in [-0.39, 0.29) is 0 Å². The van der Waals surface area contributed by atoms with E-state index in [1.807, 2.05) is 0 Å². The van der Waals surface area contributed by atoms with Crippen LogP contribution in [0.1, 0.15) is 18.9 Å². The maximum atomic E-state index is 13.7. The molecule has 0 aliphatic rings. The molecule has 2 rings (SSSR count). The van der Waals surface area contributed by atoms with Gasteiger partial charge in [-0.2, -0.15) is 0 Å². The van der Waals surface area contributed by atoms with Gasteiger partial charge in [0.05, 0.1) is 5.60 Å². The van der Waals surface area contributed by atoms with E-state index < -0.39 is 17.2 Å². The third-order valence-electron chi connectivity index (χ3n) is 3.33. The Morgan fingerprint density at radius 2 is 1.75 bits per heavy atom. The van der Waals surface area contributed by atoms with Crippen LogP contribution in [0.4, 0.5) is 8.78 Å². The molecule has 2 aromatic carbocycles. The van der Waals surface area contributed by atoms with Gasteiger partial charge in [-0.3, -0.25) is 0 Å². The van der Waals surface area contributed by atoms with Crippen LogP contribution in [0.3, 0.4) is 0 Å². The summed E-state index contributed by atoms with van der Waals surface area (Å²) >= 11 is 3.30. The van der Waals surface area contributed by atoms with Gasteiger partial charge in [0.15, 0.2) is 0 Å². The Labute approximate surface area is 125 Å². The summed E-state index contributed by atoms with van der Waals surface area (Å²) in [4.78, 5) is 0. The molecule has 1 unspecified atom stereocenters. The standard InChI is InChI=1S/C16H15BrF2O/c1-16(20,8-9-17)12-4-2-11(3-5-12)14-7-6-13(18)10-15(14)19/h2-7,10,20H,8-9H2,1H3. The molecule has 0 aliphatic heterocycles. The molecule has 4 heteroatoms. The zero-order chi connectivity index (χ0) is 14.8. The lowest BCUT2D eigenvalue weighted by Gasteiger charge is -2.23. The summed E-state index contributed by atoms with van der Waals surface area (Å²) in [7, 11) is 0. The van der Waals surface area contributed by atoms with Crippen molar-refractivity contribution in [2.75, 3.05) is 5.33 Å². The first kappa shape index (κ1) is 15.1. The van der Waals surface area contributed by atoms with Crippen LogP contribution in [0, 0.1) is 11.6 Å². The molecule has 0 amide bonds. The van der Waals surface area contributed by atoms with Gasteiger partial charge in [-0.05, 0) is 36.6 Å². The highest BCUT2D eigenvalue weighted by molar-refractivity contribution is 9.09. The molecule has 0 aliphatic carbocycles. The monoisotopic (exact) mass is 340 g/mol. The van der Waals surface area contributed by atoms with Crippen LogP contribution in [0.2, 0.25) is 0 Å². The first-order valence-electron chi connectivity index (χ1n) is 6.28. The third-order valence-corrected chi connectivity index (χ3v) is 3.73. The molecule has 2 aromatic rings. The van der Waals surface area contributed by atoms with Crippen molar-refractivity contribution >= 4 is 15.9 Å². The number of halogens is 3. The quantitative estimate of drug-likeness (QED) is 0.805. The van der Waals surface area contributed by atoms with Crippen molar-refractivity contribution < 1.29 is 13.9 Å². The molecular weight excluding hydrogens is 326 g/mol. The van der Waals surface area contributed by atoms with Gasteiger partial charge in [-0.15, -0.1) is 0 Å². The Balaban J connectivity index is 2.33. The topological polar surface area (TPSA) is 20.2 Å². The highest BCUT2D eigenvalue weighted by Crippen LogP contribution is 2.29. The van der Waals surface area contributed by atoms with Gasteiger partial charge in [0.1, 0.15) is 11.6 Å². The molecule has 1 N–H and O–H groups in total. The van der Waals surface area contributed by atoms with Gasteiger partial charge in [0.2, 0.25) is 0 Å². The summed E-state index contributed by atoms with van der Waals surface area (Å²) in [5.41, 5.74) is 0.839. The van der Waals surface area contributed by atoms with Crippen LogP contribution in [0.15, 0.2) is 42.5 Å². The minimum Gasteiger partial charge on any atom is -0.385 e. The van der Waals surface area contributed by atoms with Crippen molar-refractivity contribution in [3.8, 4) is 11.1 Å². The fraction of sp³-hybridized carbons (Fsp3) is 0.250. The number of alkyl halides is 1. The molecular formula is C16H15BrF2O. The molecule has 1 nitrogen and oxygen atoms in total. The molecule has 0 heterocycles. The summed E-state index contributed by atoms with van der Waals surface area (Å²) in [5, 5.41) is 11.0. The van der Waals surface area contributed by atoms with Gasteiger partial charge >= 0.3 is 0 Å². The van der Waals surface area contributed by atoms with Crippen LogP contribution in [0.25, 0.3) is 11.1 Å². The Hall–Kier alpha value is -1.26. The number of hydrogen-bond donors (Lipinski definition) is 1. The summed E-state index contributed by atoms with van der Waals surface area (Å²) in [5.74, 6) is -1.19. The average Bonchev–Trinajstić information content (AvgIpc) is 2.39. The summed E-state index contributed by atoms with van der Waals surface area (Å²) in [6.45, 7) is 1.74. The maximum Gasteiger partial charge on any atom is 0.133 e. The van der Waals surface area contributed by atoms with E-state index in [2.05, 4.69) is 15.9 Å². The lowest BCUT2D eigenvalue weighted by atomic mass is 9.91. The van der Waals surface area contributed by atoms with Crippen LogP contribution in [-0.2, 0) is 5.60 Å². The van der Waals surface area contributed by atoms with Crippen molar-refractivity contribution in [2.45, 2.75) is 18.9 Å². The number of benzene rings is 2. The van der Waals surface area contributed by atoms with Gasteiger partial charge in [0, 0.05) is 17.0 Å². The Kier molecular flexibility index (Phi) is 4.55. The lowest BCUT2D eigenvalue weighted by molar-refractivity contribution is 0.0547. The molecule has 1 atom stereocenters. The average molecular weight is 341 g/mol. The minimum atomic E-state index is -0.927. The fourth-order valence-corrected chi connectivity index (χ4v) is 2.83. The normalized spacial score (nSPS) is 14.1. The molecule has 0 fully saturated rings. The third kappa shape index (κ3) is 3.25. The SMILES string of the molecule is CC(O)(CCBr)c1ccc(-c2ccc(F)cc2F)cc1. The second-order valence-electron chi connectivity index (χ2n) is 4.91. The number of aliphatic hydroxyl groups is 1. The van der Waals surface area contributed by atoms with E-state index in [1.165, 1.54) is 12.1 Å². The van der Waals surface area contributed by atoms with E-state index in [1.54, 1.807) is 31.2 Å². The first-order chi connectivity index (χ1) is 9.44. The van der Waals surface area contributed by atoms with Crippen molar-refractivity contribution in [1.29, 1.82) is 0 Å². The van der Waals surface area contributed by atoms with Gasteiger partial charge in [-0.1, -0.05) is 40.2 Å². The minimum absolute atomic E-state index is 0.345. The van der Waals surface area contributed by atoms with Gasteiger partial charge < -0.3 is 5.11 Å². The predicted molar refractivity (Wildman–Crippen MR) is 79.8 cm³/mol. The number of rotatable bonds is 4. The lowest BCUT2D eigenvalue weighted by Crippen LogP contribution is -2.21. The molecule has 0 spiro atoms.